The van der Waals surface area contributed by atoms with Gasteiger partial charge in [-0.1, -0.05) is 12.1 Å². The van der Waals surface area contributed by atoms with Gasteiger partial charge in [-0.25, -0.2) is 4.39 Å². The third-order valence-corrected chi connectivity index (χ3v) is 1.76. The van der Waals surface area contributed by atoms with Crippen LogP contribution >= 0.6 is 0 Å². The molecule has 1 aromatic carbocycles. The largest absolute Gasteiger partial charge is 0.325 e. The Hall–Kier alpha value is -1.42. The molecule has 0 saturated carbocycles. The number of anilines is 1. The van der Waals surface area contributed by atoms with Gasteiger partial charge in [0.05, 0.1) is 5.69 Å². The second-order valence-corrected chi connectivity index (χ2v) is 4.19. The lowest BCUT2D eigenvalue weighted by molar-refractivity contribution is -0.117. The van der Waals surface area contributed by atoms with Crippen LogP contribution in [-0.2, 0) is 4.79 Å². The highest BCUT2D eigenvalue weighted by molar-refractivity contribution is 5.91. The van der Waals surface area contributed by atoms with Gasteiger partial charge >= 0.3 is 0 Å². The molecule has 1 amide bonds. The fourth-order valence-corrected chi connectivity index (χ4v) is 1.17. The summed E-state index contributed by atoms with van der Waals surface area (Å²) in [4.78, 5) is 11.4. The molecule has 0 saturated heterocycles. The highest BCUT2D eigenvalue weighted by Gasteiger charge is 2.16. The molecule has 1 rings (SSSR count). The van der Waals surface area contributed by atoms with Crippen LogP contribution in [0, 0.1) is 5.82 Å². The van der Waals surface area contributed by atoms with Crippen molar-refractivity contribution in [3.8, 4) is 0 Å². The number of halogens is 1. The van der Waals surface area contributed by atoms with Gasteiger partial charge in [-0.05, 0) is 26.0 Å². The van der Waals surface area contributed by atoms with E-state index in [0.29, 0.717) is 0 Å². The summed E-state index contributed by atoms with van der Waals surface area (Å²) in [6, 6.07) is 6.03. The van der Waals surface area contributed by atoms with Crippen LogP contribution in [0.1, 0.15) is 20.3 Å². The Morgan fingerprint density at radius 3 is 2.60 bits per heavy atom. The van der Waals surface area contributed by atoms with E-state index in [9.17, 15) is 9.18 Å². The molecule has 0 fully saturated rings. The zero-order chi connectivity index (χ0) is 11.5. The monoisotopic (exact) mass is 210 g/mol. The third kappa shape index (κ3) is 4.08. The molecule has 0 heterocycles. The predicted octanol–water partition coefficient (Wildman–Crippen LogP) is 1.89. The maximum atomic E-state index is 13.1. The first-order valence-electron chi connectivity index (χ1n) is 4.72. The SMILES string of the molecule is CC(C)(N)CC(=O)Nc1ccccc1F. The lowest BCUT2D eigenvalue weighted by Crippen LogP contribution is -2.36. The average Bonchev–Trinajstić information content (AvgIpc) is 2.05. The Morgan fingerprint density at radius 2 is 2.07 bits per heavy atom. The van der Waals surface area contributed by atoms with Crippen LogP contribution in [0.25, 0.3) is 0 Å². The number of nitrogens with one attached hydrogen (secondary N) is 1. The molecule has 1 aromatic rings. The Kier molecular flexibility index (Phi) is 3.42. The predicted molar refractivity (Wildman–Crippen MR) is 57.9 cm³/mol. The van der Waals surface area contributed by atoms with Crippen LogP contribution in [-0.4, -0.2) is 11.4 Å². The van der Waals surface area contributed by atoms with Gasteiger partial charge in [0, 0.05) is 12.0 Å². The molecule has 0 aliphatic rings. The van der Waals surface area contributed by atoms with Crippen LogP contribution in [0.2, 0.25) is 0 Å². The molecule has 0 spiro atoms. The minimum atomic E-state index is -0.588. The number of hydrogen-bond acceptors (Lipinski definition) is 2. The van der Waals surface area contributed by atoms with Crippen molar-refractivity contribution in [1.82, 2.24) is 0 Å². The molecule has 3 nitrogen and oxygen atoms in total. The Morgan fingerprint density at radius 1 is 1.47 bits per heavy atom. The molecule has 0 aliphatic heterocycles. The zero-order valence-corrected chi connectivity index (χ0v) is 8.88. The van der Waals surface area contributed by atoms with Crippen LogP contribution in [0.4, 0.5) is 10.1 Å². The quantitative estimate of drug-likeness (QED) is 0.800. The smallest absolute Gasteiger partial charge is 0.226 e. The number of para-hydroxylation sites is 1. The standard InChI is InChI=1S/C11H15FN2O/c1-11(2,13)7-10(15)14-9-6-4-3-5-8(9)12/h3-6H,7,13H2,1-2H3,(H,14,15). The topological polar surface area (TPSA) is 55.1 Å². The van der Waals surface area contributed by atoms with Gasteiger partial charge in [-0.3, -0.25) is 4.79 Å². The van der Waals surface area contributed by atoms with Gasteiger partial charge in [0.1, 0.15) is 5.82 Å². The Bertz CT molecular complexity index is 358. The summed E-state index contributed by atoms with van der Waals surface area (Å²) >= 11 is 0. The summed E-state index contributed by atoms with van der Waals surface area (Å²) in [6.45, 7) is 3.49. The van der Waals surface area contributed by atoms with Gasteiger partial charge in [-0.15, -0.1) is 0 Å². The molecule has 82 valence electrons. The molecule has 0 atom stereocenters. The fourth-order valence-electron chi connectivity index (χ4n) is 1.17. The van der Waals surface area contributed by atoms with Crippen molar-refractivity contribution >= 4 is 11.6 Å². The van der Waals surface area contributed by atoms with E-state index >= 15 is 0 Å². The summed E-state index contributed by atoms with van der Waals surface area (Å²) in [6.07, 6.45) is 0.154. The van der Waals surface area contributed by atoms with Crippen LogP contribution in [0.3, 0.4) is 0 Å². The van der Waals surface area contributed by atoms with Crippen molar-refractivity contribution in [3.05, 3.63) is 30.1 Å². The molecule has 4 heteroatoms. The van der Waals surface area contributed by atoms with E-state index in [2.05, 4.69) is 5.32 Å². The Balaban J connectivity index is 2.64. The summed E-state index contributed by atoms with van der Waals surface area (Å²) < 4.78 is 13.1. The van der Waals surface area contributed by atoms with Crippen LogP contribution < -0.4 is 11.1 Å². The number of nitrogens with two attached hydrogens (primary N) is 1. The fraction of sp³-hybridized carbons (Fsp3) is 0.364. The maximum absolute atomic E-state index is 13.1. The third-order valence-electron chi connectivity index (χ3n) is 1.76. The van der Waals surface area contributed by atoms with E-state index < -0.39 is 11.4 Å². The van der Waals surface area contributed by atoms with E-state index in [0.717, 1.165) is 0 Å². The first-order chi connectivity index (χ1) is 6.88. The molecule has 0 radical (unpaired) electrons. The van der Waals surface area contributed by atoms with Crippen molar-refractivity contribution in [2.45, 2.75) is 25.8 Å². The number of carbonyl (C=O) groups excluding carboxylic acids is 1. The maximum Gasteiger partial charge on any atom is 0.226 e. The molecule has 0 aliphatic carbocycles. The van der Waals surface area contributed by atoms with Crippen molar-refractivity contribution in [3.63, 3.8) is 0 Å². The molecular weight excluding hydrogens is 195 g/mol. The van der Waals surface area contributed by atoms with Crippen LogP contribution in [0.5, 0.6) is 0 Å². The number of rotatable bonds is 3. The summed E-state index contributed by atoms with van der Waals surface area (Å²) in [7, 11) is 0. The van der Waals surface area contributed by atoms with Gasteiger partial charge < -0.3 is 11.1 Å². The van der Waals surface area contributed by atoms with Gasteiger partial charge in [0.15, 0.2) is 0 Å². The molecule has 0 unspecified atom stereocenters. The van der Waals surface area contributed by atoms with E-state index in [4.69, 9.17) is 5.73 Å². The minimum absolute atomic E-state index is 0.154. The normalized spacial score (nSPS) is 11.2. The van der Waals surface area contributed by atoms with Crippen LogP contribution in [0.15, 0.2) is 24.3 Å². The lowest BCUT2D eigenvalue weighted by atomic mass is 10.0. The van der Waals surface area contributed by atoms with Gasteiger partial charge in [-0.2, -0.15) is 0 Å². The van der Waals surface area contributed by atoms with Crippen molar-refractivity contribution in [1.29, 1.82) is 0 Å². The number of benzene rings is 1. The van der Waals surface area contributed by atoms with Gasteiger partial charge in [0.2, 0.25) is 5.91 Å². The molecule has 0 bridgehead atoms. The number of carbonyl (C=O) groups is 1. The van der Waals surface area contributed by atoms with E-state index in [-0.39, 0.29) is 18.0 Å². The van der Waals surface area contributed by atoms with E-state index in [1.807, 2.05) is 0 Å². The first kappa shape index (κ1) is 11.7. The molecule has 15 heavy (non-hydrogen) atoms. The van der Waals surface area contributed by atoms with E-state index in [1.165, 1.54) is 12.1 Å². The Labute approximate surface area is 88.5 Å². The van der Waals surface area contributed by atoms with Gasteiger partial charge in [0.25, 0.3) is 0 Å². The molecule has 3 N–H and O–H groups in total. The molecule has 0 aromatic heterocycles. The summed E-state index contributed by atoms with van der Waals surface area (Å²) in [5.74, 6) is -0.728. The highest BCUT2D eigenvalue weighted by atomic mass is 19.1. The van der Waals surface area contributed by atoms with E-state index in [1.54, 1.807) is 26.0 Å². The average molecular weight is 210 g/mol. The summed E-state index contributed by atoms with van der Waals surface area (Å²) in [5.41, 5.74) is 5.27. The zero-order valence-electron chi connectivity index (χ0n) is 8.88. The van der Waals surface area contributed by atoms with Crippen molar-refractivity contribution in [2.24, 2.45) is 5.73 Å². The second-order valence-electron chi connectivity index (χ2n) is 4.19. The first-order valence-corrected chi connectivity index (χ1v) is 4.72. The molecular formula is C11H15FN2O. The van der Waals surface area contributed by atoms with Crippen molar-refractivity contribution < 1.29 is 9.18 Å². The lowest BCUT2D eigenvalue weighted by Gasteiger charge is -2.17. The number of amides is 1. The highest BCUT2D eigenvalue weighted by Crippen LogP contribution is 2.14. The van der Waals surface area contributed by atoms with Crippen molar-refractivity contribution in [2.75, 3.05) is 5.32 Å². The minimum Gasteiger partial charge on any atom is -0.325 e. The second kappa shape index (κ2) is 4.40. The summed E-state index contributed by atoms with van der Waals surface area (Å²) in [5, 5.41) is 2.47. The number of hydrogen-bond donors (Lipinski definition) is 2.